The minimum absolute atomic E-state index is 0.0691. The van der Waals surface area contributed by atoms with E-state index in [1.54, 1.807) is 49.4 Å². The van der Waals surface area contributed by atoms with Crippen LogP contribution in [0.1, 0.15) is 33.3 Å². The third-order valence-electron chi connectivity index (χ3n) is 4.85. The number of carbonyl (C=O) groups is 2. The molecule has 0 spiro atoms. The van der Waals surface area contributed by atoms with Crippen molar-refractivity contribution in [3.8, 4) is 0 Å². The number of hydrogen-bond acceptors (Lipinski definition) is 4. The number of nitrogens with zero attached hydrogens (tertiary/aromatic N) is 2. The molecule has 0 aliphatic carbocycles. The molecule has 2 amide bonds. The summed E-state index contributed by atoms with van der Waals surface area (Å²) in [7, 11) is -3.79. The van der Waals surface area contributed by atoms with Gasteiger partial charge in [0, 0.05) is 31.3 Å². The average Bonchev–Trinajstić information content (AvgIpc) is 2.70. The van der Waals surface area contributed by atoms with Crippen LogP contribution in [-0.2, 0) is 26.2 Å². The van der Waals surface area contributed by atoms with Gasteiger partial charge in [-0.05, 0) is 86.7 Å². The summed E-state index contributed by atoms with van der Waals surface area (Å²) >= 11 is 14.8. The lowest BCUT2D eigenvalue weighted by Gasteiger charge is -2.33. The first-order valence-electron chi connectivity index (χ1n) is 10.4. The van der Waals surface area contributed by atoms with Crippen LogP contribution in [0.15, 0.2) is 42.5 Å². The predicted molar refractivity (Wildman–Crippen MR) is 146 cm³/mol. The fourth-order valence-electron chi connectivity index (χ4n) is 3.13. The highest BCUT2D eigenvalue weighted by Gasteiger charge is 2.32. The lowest BCUT2D eigenvalue weighted by atomic mass is 10.1. The molecular formula is C23H28Cl2IN3O4S. The Morgan fingerprint density at radius 1 is 1.06 bits per heavy atom. The van der Waals surface area contributed by atoms with Gasteiger partial charge in [-0.3, -0.25) is 13.9 Å². The molecule has 0 heterocycles. The first kappa shape index (κ1) is 28.7. The van der Waals surface area contributed by atoms with Crippen LogP contribution in [0.4, 0.5) is 5.69 Å². The van der Waals surface area contributed by atoms with Gasteiger partial charge in [-0.1, -0.05) is 29.3 Å². The van der Waals surface area contributed by atoms with Crippen LogP contribution in [0.5, 0.6) is 0 Å². The largest absolute Gasteiger partial charge is 0.350 e. The number of anilines is 1. The van der Waals surface area contributed by atoms with Crippen LogP contribution in [0, 0.1) is 3.57 Å². The van der Waals surface area contributed by atoms with Crippen molar-refractivity contribution in [3.05, 3.63) is 61.6 Å². The second kappa shape index (κ2) is 11.5. The van der Waals surface area contributed by atoms with E-state index in [0.717, 1.165) is 14.1 Å². The molecule has 2 rings (SSSR count). The second-order valence-electron chi connectivity index (χ2n) is 8.88. The Kier molecular flexibility index (Phi) is 9.66. The van der Waals surface area contributed by atoms with Gasteiger partial charge in [0.05, 0.1) is 11.9 Å². The van der Waals surface area contributed by atoms with E-state index in [1.807, 2.05) is 20.8 Å². The lowest BCUT2D eigenvalue weighted by Crippen LogP contribution is -2.54. The molecule has 1 atom stereocenters. The van der Waals surface area contributed by atoms with Crippen molar-refractivity contribution in [3.63, 3.8) is 0 Å². The van der Waals surface area contributed by atoms with Gasteiger partial charge in [-0.25, -0.2) is 8.42 Å². The van der Waals surface area contributed by atoms with Crippen LogP contribution in [0.25, 0.3) is 0 Å². The third-order valence-corrected chi connectivity index (χ3v) is 7.42. The van der Waals surface area contributed by atoms with E-state index in [-0.39, 0.29) is 12.5 Å². The normalized spacial score (nSPS) is 12.7. The summed E-state index contributed by atoms with van der Waals surface area (Å²) in [5.41, 5.74) is 0.288. The summed E-state index contributed by atoms with van der Waals surface area (Å²) < 4.78 is 27.1. The zero-order chi connectivity index (χ0) is 25.8. The Balaban J connectivity index is 2.46. The average molecular weight is 640 g/mol. The number of rotatable bonds is 8. The lowest BCUT2D eigenvalue weighted by molar-refractivity contribution is -0.140. The summed E-state index contributed by atoms with van der Waals surface area (Å²) in [5, 5.41) is 3.54. The van der Waals surface area contributed by atoms with Gasteiger partial charge in [0.2, 0.25) is 21.8 Å². The molecule has 34 heavy (non-hydrogen) atoms. The minimum atomic E-state index is -3.79. The molecule has 0 aromatic heterocycles. The maximum atomic E-state index is 13.5. The molecule has 0 aliphatic heterocycles. The summed E-state index contributed by atoms with van der Waals surface area (Å²) in [6, 6.07) is 10.8. The molecule has 0 bridgehead atoms. The quantitative estimate of drug-likeness (QED) is 0.425. The van der Waals surface area contributed by atoms with E-state index >= 15 is 0 Å². The maximum Gasteiger partial charge on any atom is 0.244 e. The van der Waals surface area contributed by atoms with E-state index < -0.39 is 34.1 Å². The molecule has 0 saturated carbocycles. The fraction of sp³-hybridized carbons (Fsp3) is 0.391. The maximum absolute atomic E-state index is 13.5. The highest BCUT2D eigenvalue weighted by Crippen LogP contribution is 2.27. The Bertz CT molecular complexity index is 1130. The summed E-state index contributed by atoms with van der Waals surface area (Å²) in [4.78, 5) is 27.8. The smallest absolute Gasteiger partial charge is 0.244 e. The number of sulfonamides is 1. The van der Waals surface area contributed by atoms with Gasteiger partial charge in [-0.2, -0.15) is 0 Å². The SMILES string of the molecule is C[C@H](C(=O)NC(C)(C)C)N(Cc1c(Cl)cccc1Cl)C(=O)CN(c1ccc(I)cc1)S(C)(=O)=O. The number of nitrogens with one attached hydrogen (secondary N) is 1. The van der Waals surface area contributed by atoms with E-state index in [0.29, 0.717) is 21.3 Å². The summed E-state index contributed by atoms with van der Waals surface area (Å²) in [6.45, 7) is 6.51. The Morgan fingerprint density at radius 3 is 2.06 bits per heavy atom. The van der Waals surface area contributed by atoms with Crippen molar-refractivity contribution < 1.29 is 18.0 Å². The van der Waals surface area contributed by atoms with E-state index in [4.69, 9.17) is 23.2 Å². The number of amides is 2. The minimum Gasteiger partial charge on any atom is -0.350 e. The number of hydrogen-bond donors (Lipinski definition) is 1. The molecule has 1 N–H and O–H groups in total. The molecule has 11 heteroatoms. The molecule has 0 radical (unpaired) electrons. The summed E-state index contributed by atoms with van der Waals surface area (Å²) in [5.74, 6) is -0.958. The molecule has 0 saturated heterocycles. The van der Waals surface area contributed by atoms with Gasteiger partial charge >= 0.3 is 0 Å². The number of carbonyl (C=O) groups excluding carboxylic acids is 2. The van der Waals surface area contributed by atoms with Gasteiger partial charge in [0.1, 0.15) is 12.6 Å². The Morgan fingerprint density at radius 2 is 1.59 bits per heavy atom. The molecule has 0 unspecified atom stereocenters. The monoisotopic (exact) mass is 639 g/mol. The molecular weight excluding hydrogens is 612 g/mol. The second-order valence-corrected chi connectivity index (χ2v) is 12.8. The van der Waals surface area contributed by atoms with Gasteiger partial charge in [0.25, 0.3) is 0 Å². The molecule has 186 valence electrons. The highest BCUT2D eigenvalue weighted by molar-refractivity contribution is 14.1. The van der Waals surface area contributed by atoms with Crippen LogP contribution in [0.3, 0.4) is 0 Å². The van der Waals surface area contributed by atoms with Crippen LogP contribution < -0.4 is 9.62 Å². The molecule has 2 aromatic carbocycles. The molecule has 7 nitrogen and oxygen atoms in total. The molecule has 0 aliphatic rings. The van der Waals surface area contributed by atoms with Crippen LogP contribution >= 0.6 is 45.8 Å². The predicted octanol–water partition coefficient (Wildman–Crippen LogP) is 4.70. The molecule has 2 aromatic rings. The standard InChI is InChI=1S/C23H28Cl2IN3O4S/c1-15(22(31)27-23(2,3)4)28(13-18-19(24)7-6-8-20(18)25)21(30)14-29(34(5,32)33)17-11-9-16(26)10-12-17/h6-12,15H,13-14H2,1-5H3,(H,27,31)/t15-/m1/s1. The zero-order valence-corrected chi connectivity index (χ0v) is 24.1. The topological polar surface area (TPSA) is 86.8 Å². The number of halogens is 3. The van der Waals surface area contributed by atoms with Gasteiger partial charge in [-0.15, -0.1) is 0 Å². The summed E-state index contributed by atoms with van der Waals surface area (Å²) in [6.07, 6.45) is 1.03. The fourth-order valence-corrected chi connectivity index (χ4v) is 4.86. The number of benzene rings is 2. The van der Waals surface area contributed by atoms with E-state index in [9.17, 15) is 18.0 Å². The van der Waals surface area contributed by atoms with E-state index in [1.165, 1.54) is 4.90 Å². The van der Waals surface area contributed by atoms with Crippen molar-refractivity contribution in [1.82, 2.24) is 10.2 Å². The molecule has 0 fully saturated rings. The Labute approximate surface area is 225 Å². The van der Waals surface area contributed by atoms with Crippen LogP contribution in [0.2, 0.25) is 10.0 Å². The van der Waals surface area contributed by atoms with Crippen LogP contribution in [-0.4, -0.2) is 49.5 Å². The van der Waals surface area contributed by atoms with Crippen molar-refractivity contribution in [2.75, 3.05) is 17.1 Å². The van der Waals surface area contributed by atoms with Gasteiger partial charge < -0.3 is 10.2 Å². The first-order chi connectivity index (χ1) is 15.6. The van der Waals surface area contributed by atoms with Gasteiger partial charge in [0.15, 0.2) is 0 Å². The van der Waals surface area contributed by atoms with Crippen molar-refractivity contribution >= 4 is 73.3 Å². The Hall–Kier alpha value is -1.56. The highest BCUT2D eigenvalue weighted by atomic mass is 127. The third kappa shape index (κ3) is 8.00. The van der Waals surface area contributed by atoms with E-state index in [2.05, 4.69) is 27.9 Å². The van der Waals surface area contributed by atoms with Crippen molar-refractivity contribution in [2.24, 2.45) is 0 Å². The zero-order valence-electron chi connectivity index (χ0n) is 19.6. The van der Waals surface area contributed by atoms with Crippen molar-refractivity contribution in [1.29, 1.82) is 0 Å². The van der Waals surface area contributed by atoms with Crippen molar-refractivity contribution in [2.45, 2.75) is 45.8 Å². The first-order valence-corrected chi connectivity index (χ1v) is 14.1.